The van der Waals surface area contributed by atoms with Gasteiger partial charge < -0.3 is 0 Å². The van der Waals surface area contributed by atoms with Crippen LogP contribution in [0.3, 0.4) is 0 Å². The Morgan fingerprint density at radius 2 is 1.02 bits per heavy atom. The van der Waals surface area contributed by atoms with Crippen LogP contribution in [0, 0.1) is 11.8 Å². The summed E-state index contributed by atoms with van der Waals surface area (Å²) in [6, 6.07) is 24.9. The quantitative estimate of drug-likeness (QED) is 0.271. The van der Waals surface area contributed by atoms with Gasteiger partial charge in [0.2, 0.25) is 0 Å². The Hall–Kier alpha value is -5.50. The van der Waals surface area contributed by atoms with Crippen LogP contribution in [-0.4, -0.2) is 32.5 Å². The molecular weight excluding hydrogens is 508 g/mol. The lowest BCUT2D eigenvalue weighted by Crippen LogP contribution is -2.32. The standard InChI is InChI=1S/C33H20N8/c1-2-10-19-18(9-1)26-34-27(19)37-31-24-15-7-8-16-25(24)33-39-29-21-12-4-3-11-20(21)28(35-29)38-32-23-14-6-5-13-22(23)30(36-26)40(32)17-41(31)33/h1-16,18-19H,17H2/b36-26-,36-30?,37-27?,37-31-,38-28-,38-32?,39-29?,39-33-. The molecule has 6 bridgehead atoms. The molecule has 2 atom stereocenters. The van der Waals surface area contributed by atoms with E-state index in [0.29, 0.717) is 18.3 Å². The Balaban J connectivity index is 1.45. The summed E-state index contributed by atoms with van der Waals surface area (Å²) in [5.74, 6) is 4.54. The molecule has 3 aromatic carbocycles. The summed E-state index contributed by atoms with van der Waals surface area (Å²) in [5.41, 5.74) is 3.58. The van der Waals surface area contributed by atoms with Gasteiger partial charge in [-0.15, -0.1) is 0 Å². The fourth-order valence-electron chi connectivity index (χ4n) is 6.67. The zero-order valence-electron chi connectivity index (χ0n) is 21.7. The lowest BCUT2D eigenvalue weighted by molar-refractivity contribution is 0.583. The Labute approximate surface area is 233 Å². The molecule has 5 aliphatic rings. The molecule has 0 N–H and O–H groups in total. The van der Waals surface area contributed by atoms with E-state index in [2.05, 4.69) is 94.1 Å². The summed E-state index contributed by atoms with van der Waals surface area (Å²) >= 11 is 0. The number of fused-ring (bicyclic) bond motifs is 14. The van der Waals surface area contributed by atoms with E-state index < -0.39 is 0 Å². The van der Waals surface area contributed by atoms with Gasteiger partial charge in [-0.1, -0.05) is 97.1 Å². The Morgan fingerprint density at radius 3 is 1.71 bits per heavy atom. The zero-order chi connectivity index (χ0) is 26.7. The van der Waals surface area contributed by atoms with Crippen molar-refractivity contribution in [1.29, 1.82) is 0 Å². The molecule has 41 heavy (non-hydrogen) atoms. The summed E-state index contributed by atoms with van der Waals surface area (Å²) in [4.78, 5) is 31.1. The van der Waals surface area contributed by atoms with Crippen LogP contribution in [0.2, 0.25) is 0 Å². The van der Waals surface area contributed by atoms with E-state index in [1.807, 2.05) is 12.1 Å². The van der Waals surface area contributed by atoms with E-state index in [1.165, 1.54) is 0 Å². The first-order valence-corrected chi connectivity index (χ1v) is 13.8. The maximum atomic E-state index is 5.28. The molecule has 1 aliphatic carbocycles. The van der Waals surface area contributed by atoms with Crippen LogP contribution in [-0.2, 0) is 6.67 Å². The number of aliphatic imine (C=N–C) groups is 4. The zero-order valence-corrected chi connectivity index (χ0v) is 21.7. The predicted molar refractivity (Wildman–Crippen MR) is 161 cm³/mol. The monoisotopic (exact) mass is 528 g/mol. The minimum absolute atomic E-state index is 0.0247. The molecule has 0 spiro atoms. The van der Waals surface area contributed by atoms with Crippen molar-refractivity contribution in [2.24, 2.45) is 41.8 Å². The average molecular weight is 529 g/mol. The van der Waals surface area contributed by atoms with Crippen LogP contribution in [0.25, 0.3) is 21.5 Å². The third-order valence-electron chi connectivity index (χ3n) is 8.57. The minimum atomic E-state index is 0.0247. The van der Waals surface area contributed by atoms with Crippen molar-refractivity contribution in [3.63, 3.8) is 0 Å². The van der Waals surface area contributed by atoms with Gasteiger partial charge in [-0.3, -0.25) is 9.13 Å². The lowest BCUT2D eigenvalue weighted by atomic mass is 9.89. The number of allylic oxidation sites excluding steroid dienone is 2. The Morgan fingerprint density at radius 1 is 0.488 bits per heavy atom. The number of nitrogens with zero attached hydrogens (tertiary/aromatic N) is 8. The van der Waals surface area contributed by atoms with Crippen molar-refractivity contribution >= 4 is 56.5 Å². The number of benzene rings is 3. The maximum Gasteiger partial charge on any atom is 0.164 e. The highest BCUT2D eigenvalue weighted by molar-refractivity contribution is 6.23. The largest absolute Gasteiger partial charge is 0.291 e. The normalized spacial score (nSPS) is 25.1. The molecule has 5 aromatic rings. The molecule has 0 fully saturated rings. The van der Waals surface area contributed by atoms with Crippen molar-refractivity contribution in [2.45, 2.75) is 6.67 Å². The lowest BCUT2D eigenvalue weighted by Gasteiger charge is -2.15. The van der Waals surface area contributed by atoms with Gasteiger partial charge in [0.05, 0.1) is 11.8 Å². The Kier molecular flexibility index (Phi) is 3.94. The van der Waals surface area contributed by atoms with Crippen molar-refractivity contribution in [3.05, 3.63) is 119 Å². The molecule has 0 radical (unpaired) electrons. The second kappa shape index (κ2) is 7.57. The van der Waals surface area contributed by atoms with Gasteiger partial charge in [-0.25, -0.2) is 30.0 Å². The predicted octanol–water partition coefficient (Wildman–Crippen LogP) is 5.01. The van der Waals surface area contributed by atoms with Gasteiger partial charge in [0.25, 0.3) is 0 Å². The first-order valence-electron chi connectivity index (χ1n) is 13.8. The van der Waals surface area contributed by atoms with Crippen LogP contribution in [0.1, 0.15) is 11.1 Å². The highest BCUT2D eigenvalue weighted by Gasteiger charge is 2.36. The molecule has 8 heteroatoms. The molecule has 2 aromatic heterocycles. The molecule has 8 nitrogen and oxygen atoms in total. The van der Waals surface area contributed by atoms with Gasteiger partial charge in [-0.05, 0) is 0 Å². The van der Waals surface area contributed by atoms with E-state index in [9.17, 15) is 0 Å². The number of amidine groups is 4. The van der Waals surface area contributed by atoms with Gasteiger partial charge >= 0.3 is 0 Å². The number of hydrogen-bond donors (Lipinski definition) is 0. The molecule has 0 saturated carbocycles. The third-order valence-corrected chi connectivity index (χ3v) is 8.57. The summed E-state index contributed by atoms with van der Waals surface area (Å²) < 4.78 is 4.36. The Bertz CT molecular complexity index is 2350. The molecule has 10 rings (SSSR count). The van der Waals surface area contributed by atoms with Gasteiger partial charge in [0.1, 0.15) is 41.0 Å². The van der Waals surface area contributed by atoms with Crippen molar-refractivity contribution in [2.75, 3.05) is 0 Å². The van der Waals surface area contributed by atoms with Crippen molar-refractivity contribution in [1.82, 2.24) is 9.13 Å². The van der Waals surface area contributed by atoms with E-state index in [1.54, 1.807) is 0 Å². The van der Waals surface area contributed by atoms with Gasteiger partial charge in [0.15, 0.2) is 11.7 Å². The highest BCUT2D eigenvalue weighted by Crippen LogP contribution is 2.41. The van der Waals surface area contributed by atoms with E-state index >= 15 is 0 Å². The van der Waals surface area contributed by atoms with Gasteiger partial charge in [0, 0.05) is 32.7 Å². The smallest absolute Gasteiger partial charge is 0.164 e. The molecule has 192 valence electrons. The number of rotatable bonds is 0. The van der Waals surface area contributed by atoms with E-state index in [0.717, 1.165) is 67.0 Å². The molecular formula is C33H20N8. The van der Waals surface area contributed by atoms with Crippen LogP contribution in [0.15, 0.2) is 127 Å². The number of aromatic nitrogens is 2. The molecule has 0 amide bonds. The minimum Gasteiger partial charge on any atom is -0.291 e. The molecule has 4 aliphatic heterocycles. The fraction of sp³-hybridized carbons (Fsp3) is 0.0909. The fourth-order valence-corrected chi connectivity index (χ4v) is 6.67. The van der Waals surface area contributed by atoms with E-state index in [4.69, 9.17) is 30.0 Å². The summed E-state index contributed by atoms with van der Waals surface area (Å²) in [6.07, 6.45) is 8.52. The first kappa shape index (κ1) is 21.3. The van der Waals surface area contributed by atoms with Gasteiger partial charge in [-0.2, -0.15) is 0 Å². The second-order valence-electron chi connectivity index (χ2n) is 10.8. The average Bonchev–Trinajstić information content (AvgIpc) is 3.72. The highest BCUT2D eigenvalue weighted by atomic mass is 15.3. The summed E-state index contributed by atoms with van der Waals surface area (Å²) in [7, 11) is 0. The summed E-state index contributed by atoms with van der Waals surface area (Å²) in [6.45, 7) is 0.442. The van der Waals surface area contributed by atoms with Crippen LogP contribution in [0.4, 0.5) is 11.6 Å². The van der Waals surface area contributed by atoms with E-state index in [-0.39, 0.29) is 11.8 Å². The van der Waals surface area contributed by atoms with Crippen LogP contribution in [0.5, 0.6) is 0 Å². The topological polar surface area (TPSA) is 84.0 Å². The maximum absolute atomic E-state index is 5.28. The SMILES string of the molecule is C1=CC2C3=NC(=N\c4c5ccccc5c5n4Cn4/c(c6ccccc6/c4=N/3)=N\C3=NC(=N\5)/c4ccccc43)/C2C=C1. The van der Waals surface area contributed by atoms with Crippen molar-refractivity contribution in [3.8, 4) is 0 Å². The van der Waals surface area contributed by atoms with Crippen LogP contribution >= 0.6 is 0 Å². The molecule has 2 unspecified atom stereocenters. The first-order chi connectivity index (χ1) is 20.3. The second-order valence-corrected chi connectivity index (χ2v) is 10.8. The molecule has 6 heterocycles. The number of hydrogen-bond acceptors (Lipinski definition) is 6. The third kappa shape index (κ3) is 2.78. The molecule has 0 saturated heterocycles. The van der Waals surface area contributed by atoms with Crippen LogP contribution < -0.4 is 11.0 Å². The summed E-state index contributed by atoms with van der Waals surface area (Å²) in [5, 5.41) is 4.09. The van der Waals surface area contributed by atoms with Crippen molar-refractivity contribution < 1.29 is 0 Å².